The molecule has 11 nitrogen and oxygen atoms in total. The van der Waals surface area contributed by atoms with Crippen molar-refractivity contribution in [3.63, 3.8) is 0 Å². The normalized spacial score (nSPS) is 14.3. The third-order valence-electron chi connectivity index (χ3n) is 6.21. The van der Waals surface area contributed by atoms with Crippen molar-refractivity contribution in [3.05, 3.63) is 59.0 Å². The van der Waals surface area contributed by atoms with E-state index in [0.717, 1.165) is 37.9 Å². The first kappa shape index (κ1) is 26.1. The van der Waals surface area contributed by atoms with Crippen LogP contribution in [0, 0.1) is 0 Å². The number of rotatable bonds is 8. The van der Waals surface area contributed by atoms with Crippen LogP contribution in [0.25, 0.3) is 11.0 Å². The highest BCUT2D eigenvalue weighted by Crippen LogP contribution is 2.36. The van der Waals surface area contributed by atoms with Gasteiger partial charge in [0.05, 0.1) is 40.4 Å². The van der Waals surface area contributed by atoms with Crippen molar-refractivity contribution in [3.8, 4) is 5.75 Å². The fraction of sp³-hybridized carbons (Fsp3) is 0.280. The van der Waals surface area contributed by atoms with E-state index in [1.54, 1.807) is 31.6 Å². The Morgan fingerprint density at radius 1 is 1.03 bits per heavy atom. The van der Waals surface area contributed by atoms with E-state index in [2.05, 4.69) is 68.7 Å². The molecule has 1 saturated heterocycles. The Balaban J connectivity index is 1.44. The second-order valence-electron chi connectivity index (χ2n) is 8.91. The molecule has 0 amide bonds. The summed E-state index contributed by atoms with van der Waals surface area (Å²) in [5.74, 6) is 1.96. The van der Waals surface area contributed by atoms with Crippen LogP contribution in [0.15, 0.2) is 53.4 Å². The second-order valence-corrected chi connectivity index (χ2v) is 11.5. The molecule has 0 unspecified atom stereocenters. The topological polar surface area (TPSA) is 143 Å². The lowest BCUT2D eigenvalue weighted by Crippen LogP contribution is -2.26. The molecule has 0 bridgehead atoms. The van der Waals surface area contributed by atoms with Gasteiger partial charge in [-0.1, -0.05) is 6.07 Å². The van der Waals surface area contributed by atoms with Gasteiger partial charge in [-0.05, 0) is 77.6 Å². The van der Waals surface area contributed by atoms with Gasteiger partial charge < -0.3 is 20.7 Å². The van der Waals surface area contributed by atoms with Gasteiger partial charge in [0.1, 0.15) is 17.1 Å². The van der Waals surface area contributed by atoms with Crippen LogP contribution in [0.1, 0.15) is 24.3 Å². The van der Waals surface area contributed by atoms with Gasteiger partial charge in [-0.15, -0.1) is 0 Å². The van der Waals surface area contributed by atoms with Gasteiger partial charge in [0.15, 0.2) is 0 Å². The number of anilines is 5. The number of aromatic nitrogens is 4. The van der Waals surface area contributed by atoms with Crippen molar-refractivity contribution in [1.29, 1.82) is 0 Å². The zero-order valence-electron chi connectivity index (χ0n) is 20.8. The van der Waals surface area contributed by atoms with Crippen LogP contribution >= 0.6 is 15.9 Å². The quantitative estimate of drug-likeness (QED) is 0.228. The highest BCUT2D eigenvalue weighted by atomic mass is 79.9. The summed E-state index contributed by atoms with van der Waals surface area (Å²) in [6.07, 6.45) is 7.93. The van der Waals surface area contributed by atoms with Gasteiger partial charge in [0.2, 0.25) is 16.0 Å². The van der Waals surface area contributed by atoms with E-state index in [0.29, 0.717) is 44.6 Å². The molecule has 2 aromatic carbocycles. The van der Waals surface area contributed by atoms with Crippen molar-refractivity contribution < 1.29 is 13.2 Å². The molecule has 0 spiro atoms. The van der Waals surface area contributed by atoms with E-state index in [1.165, 1.54) is 11.8 Å². The van der Waals surface area contributed by atoms with E-state index in [9.17, 15) is 8.42 Å². The molecular weight excluding hydrogens is 572 g/mol. The lowest BCUT2D eigenvalue weighted by atomic mass is 9.90. The number of hydrogen-bond donors (Lipinski definition) is 4. The molecule has 38 heavy (non-hydrogen) atoms. The van der Waals surface area contributed by atoms with Gasteiger partial charge in [-0.2, -0.15) is 4.98 Å². The summed E-state index contributed by atoms with van der Waals surface area (Å²) in [5, 5.41) is 9.82. The van der Waals surface area contributed by atoms with Crippen molar-refractivity contribution in [2.75, 3.05) is 41.8 Å². The van der Waals surface area contributed by atoms with Crippen LogP contribution in [0.3, 0.4) is 0 Å². The number of methoxy groups -OCH3 is 1. The van der Waals surface area contributed by atoms with Crippen LogP contribution in [0.4, 0.5) is 28.8 Å². The number of sulfonamides is 1. The summed E-state index contributed by atoms with van der Waals surface area (Å²) in [5.41, 5.74) is 3.67. The SMILES string of the molecule is COc1cc(C2CCNCC2)ccc1Nc1ncc(Br)c(Nc2ccc3nccnc3c2NS(C)(=O)=O)n1. The van der Waals surface area contributed by atoms with Gasteiger partial charge in [-0.25, -0.2) is 13.4 Å². The second kappa shape index (κ2) is 11.1. The third-order valence-corrected chi connectivity index (χ3v) is 7.36. The molecule has 3 heterocycles. The van der Waals surface area contributed by atoms with Gasteiger partial charge in [-0.3, -0.25) is 14.7 Å². The number of halogens is 1. The Morgan fingerprint density at radius 3 is 2.55 bits per heavy atom. The fourth-order valence-corrected chi connectivity index (χ4v) is 5.28. The largest absolute Gasteiger partial charge is 0.495 e. The smallest absolute Gasteiger partial charge is 0.229 e. The Labute approximate surface area is 229 Å². The van der Waals surface area contributed by atoms with Gasteiger partial charge in [0.25, 0.3) is 0 Å². The van der Waals surface area contributed by atoms with Crippen LogP contribution in [-0.4, -0.2) is 54.8 Å². The van der Waals surface area contributed by atoms with E-state index >= 15 is 0 Å². The molecule has 0 aliphatic carbocycles. The number of benzene rings is 2. The number of hydrogen-bond acceptors (Lipinski definition) is 10. The number of piperidine rings is 1. The number of fused-ring (bicyclic) bond motifs is 1. The zero-order valence-corrected chi connectivity index (χ0v) is 23.2. The number of ether oxygens (including phenoxy) is 1. The fourth-order valence-electron chi connectivity index (χ4n) is 4.41. The predicted octanol–water partition coefficient (Wildman–Crippen LogP) is 4.52. The first-order chi connectivity index (χ1) is 18.3. The molecule has 1 aliphatic rings. The predicted molar refractivity (Wildman–Crippen MR) is 152 cm³/mol. The van der Waals surface area contributed by atoms with Crippen molar-refractivity contribution in [2.24, 2.45) is 0 Å². The summed E-state index contributed by atoms with van der Waals surface area (Å²) in [6, 6.07) is 9.62. The molecule has 1 aliphatic heterocycles. The Morgan fingerprint density at radius 2 is 1.79 bits per heavy atom. The molecule has 198 valence electrons. The van der Waals surface area contributed by atoms with Gasteiger partial charge in [0, 0.05) is 18.6 Å². The molecule has 13 heteroatoms. The minimum atomic E-state index is -3.59. The highest BCUT2D eigenvalue weighted by molar-refractivity contribution is 9.10. The molecule has 4 aromatic rings. The molecule has 5 rings (SSSR count). The lowest BCUT2D eigenvalue weighted by molar-refractivity contribution is 0.413. The van der Waals surface area contributed by atoms with Crippen LogP contribution in [0.5, 0.6) is 5.75 Å². The molecule has 4 N–H and O–H groups in total. The molecule has 0 radical (unpaired) electrons. The number of nitrogens with zero attached hydrogens (tertiary/aromatic N) is 4. The van der Waals surface area contributed by atoms with E-state index < -0.39 is 10.0 Å². The maximum atomic E-state index is 12.1. The minimum absolute atomic E-state index is 0.272. The van der Waals surface area contributed by atoms with Crippen molar-refractivity contribution in [1.82, 2.24) is 25.3 Å². The molecule has 0 atom stereocenters. The monoisotopic (exact) mass is 598 g/mol. The summed E-state index contributed by atoms with van der Waals surface area (Å²) >= 11 is 3.48. The first-order valence-electron chi connectivity index (χ1n) is 12.0. The van der Waals surface area contributed by atoms with Gasteiger partial charge >= 0.3 is 0 Å². The summed E-state index contributed by atoms with van der Waals surface area (Å²) < 4.78 is 33.0. The molecular formula is C25H27BrN8O3S. The molecule has 2 aromatic heterocycles. The number of nitrogens with one attached hydrogen (secondary N) is 4. The summed E-state index contributed by atoms with van der Waals surface area (Å²) in [7, 11) is -1.95. The first-order valence-corrected chi connectivity index (χ1v) is 14.7. The third kappa shape index (κ3) is 5.95. The highest BCUT2D eigenvalue weighted by Gasteiger charge is 2.18. The Hall–Kier alpha value is -3.55. The molecule has 0 saturated carbocycles. The average Bonchev–Trinajstić information content (AvgIpc) is 2.92. The lowest BCUT2D eigenvalue weighted by Gasteiger charge is -2.24. The van der Waals surface area contributed by atoms with Crippen molar-refractivity contribution in [2.45, 2.75) is 18.8 Å². The minimum Gasteiger partial charge on any atom is -0.495 e. The summed E-state index contributed by atoms with van der Waals surface area (Å²) in [4.78, 5) is 17.6. The summed E-state index contributed by atoms with van der Waals surface area (Å²) in [6.45, 7) is 2.03. The maximum Gasteiger partial charge on any atom is 0.229 e. The van der Waals surface area contributed by atoms with E-state index in [1.807, 2.05) is 6.07 Å². The van der Waals surface area contributed by atoms with Crippen molar-refractivity contribution >= 4 is 65.8 Å². The van der Waals surface area contributed by atoms with Crippen LogP contribution in [0.2, 0.25) is 0 Å². The Kier molecular flexibility index (Phi) is 7.58. The van der Waals surface area contributed by atoms with Crippen LogP contribution < -0.4 is 25.4 Å². The average molecular weight is 600 g/mol. The Bertz CT molecular complexity index is 1580. The van der Waals surface area contributed by atoms with E-state index in [-0.39, 0.29) is 5.69 Å². The zero-order chi connectivity index (χ0) is 26.7. The van der Waals surface area contributed by atoms with Crippen LogP contribution in [-0.2, 0) is 10.0 Å². The molecule has 1 fully saturated rings. The van der Waals surface area contributed by atoms with E-state index in [4.69, 9.17) is 4.74 Å². The standard InChI is InChI=1S/C25H27BrN8O3S/c1-37-21-13-16(15-7-9-27-10-8-15)3-4-18(21)32-25-30-14-17(26)24(33-25)31-20-6-5-19-22(29-12-11-28-19)23(20)34-38(2,35)36/h3-6,11-15,27,34H,7-10H2,1-2H3,(H2,30,31,32,33). The maximum absolute atomic E-state index is 12.1.